The van der Waals surface area contributed by atoms with Crippen molar-refractivity contribution in [3.8, 4) is 0 Å². The van der Waals surface area contributed by atoms with Crippen LogP contribution in [0.4, 0.5) is 0 Å². The zero-order chi connectivity index (χ0) is 42.6. The van der Waals surface area contributed by atoms with Gasteiger partial charge < -0.3 is 69.5 Å². The van der Waals surface area contributed by atoms with E-state index in [1.807, 2.05) is 53.6 Å². The lowest BCUT2D eigenvalue weighted by Crippen LogP contribution is -2.70. The smallest absolute Gasteiger partial charge is 0.311 e. The summed E-state index contributed by atoms with van der Waals surface area (Å²) in [5, 5.41) is 65.8. The fourth-order valence-electron chi connectivity index (χ4n) is 9.21. The van der Waals surface area contributed by atoms with Crippen molar-refractivity contribution in [1.82, 2.24) is 15.5 Å². The number of nitrogens with one attached hydrogen (secondary N) is 2. The van der Waals surface area contributed by atoms with Gasteiger partial charge in [0.05, 0.1) is 35.9 Å². The number of nitrogens with zero attached hydrogens (tertiary/aromatic N) is 1. The van der Waals surface area contributed by atoms with Crippen LogP contribution in [0.2, 0.25) is 0 Å². The normalized spacial score (nSPS) is 47.9. The predicted octanol–water partition coefficient (Wildman–Crippen LogP) is 1.93. The number of hydrogen-bond donors (Lipinski definition) is 7. The van der Waals surface area contributed by atoms with Crippen molar-refractivity contribution >= 4 is 5.97 Å². The second-order valence-corrected chi connectivity index (χ2v) is 18.2. The lowest BCUT2D eigenvalue weighted by molar-refractivity contribution is -0.336. The Morgan fingerprint density at radius 3 is 2.18 bits per heavy atom. The topological polar surface area (TPSA) is 201 Å². The van der Waals surface area contributed by atoms with E-state index in [2.05, 4.69) is 10.6 Å². The van der Waals surface area contributed by atoms with Gasteiger partial charge in [0.2, 0.25) is 0 Å². The molecule has 0 amide bonds. The zero-order valence-electron chi connectivity index (χ0n) is 36.8. The van der Waals surface area contributed by atoms with Crippen LogP contribution in [0, 0.1) is 17.8 Å². The molecule has 56 heavy (non-hydrogen) atoms. The minimum absolute atomic E-state index is 0.0939. The maximum Gasteiger partial charge on any atom is 0.311 e. The van der Waals surface area contributed by atoms with Gasteiger partial charge in [-0.1, -0.05) is 27.7 Å². The van der Waals surface area contributed by atoms with Gasteiger partial charge in [-0.2, -0.15) is 0 Å². The zero-order valence-corrected chi connectivity index (χ0v) is 36.8. The molecule has 18 atom stereocenters. The molecule has 3 saturated heterocycles. The van der Waals surface area contributed by atoms with Crippen molar-refractivity contribution in [3.63, 3.8) is 0 Å². The van der Waals surface area contributed by atoms with Crippen LogP contribution in [0.15, 0.2) is 0 Å². The standard InChI is InChI=1S/C41H79N3O12/c1-15-17-42-22-41(50)28(8)53-31(20-39(41,10)51-14)55-33-25(5)35(56-37-32(45)29(44(12)13)18-24(4)52-37)38(9,48)19-23(3)21-43-27(7)34(46)40(11,49)30(16-2)54-36(47)26(33)6/h23-35,37,42-43,45-46,48-50H,15-22H2,1-14H3/t23-,24-,25+,26?,27-,28+,29+,30-,31+,32-,33?,34-,35-,37+,38-,39-,40-,41+/m1/s1. The van der Waals surface area contributed by atoms with E-state index in [1.54, 1.807) is 34.6 Å². The highest BCUT2D eigenvalue weighted by Gasteiger charge is 2.58. The number of hydrogen-bond acceptors (Lipinski definition) is 15. The summed E-state index contributed by atoms with van der Waals surface area (Å²) in [5.74, 6) is -2.66. The van der Waals surface area contributed by atoms with Crippen molar-refractivity contribution in [2.24, 2.45) is 17.8 Å². The summed E-state index contributed by atoms with van der Waals surface area (Å²) in [6.07, 6.45) is -6.71. The van der Waals surface area contributed by atoms with E-state index in [9.17, 15) is 30.3 Å². The number of likely N-dealkylation sites (N-methyl/N-ethyl adjacent to an activating group) is 1. The largest absolute Gasteiger partial charge is 0.459 e. The Morgan fingerprint density at radius 1 is 0.964 bits per heavy atom. The molecule has 2 unspecified atom stereocenters. The number of methoxy groups -OCH3 is 1. The molecule has 0 spiro atoms. The average Bonchev–Trinajstić information content (AvgIpc) is 3.12. The first-order chi connectivity index (χ1) is 25.9. The summed E-state index contributed by atoms with van der Waals surface area (Å²) < 4.78 is 38.3. The summed E-state index contributed by atoms with van der Waals surface area (Å²) in [6, 6.07) is -0.877. The van der Waals surface area contributed by atoms with Crippen LogP contribution in [0.5, 0.6) is 0 Å². The molecule has 3 fully saturated rings. The molecule has 3 aliphatic heterocycles. The van der Waals surface area contributed by atoms with Gasteiger partial charge in [-0.15, -0.1) is 0 Å². The first kappa shape index (κ1) is 49.3. The minimum atomic E-state index is -1.81. The molecule has 7 N–H and O–H groups in total. The van der Waals surface area contributed by atoms with Crippen LogP contribution in [0.25, 0.3) is 0 Å². The molecule has 0 aromatic rings. The van der Waals surface area contributed by atoms with E-state index < -0.39 is 95.5 Å². The molecule has 15 heteroatoms. The van der Waals surface area contributed by atoms with E-state index in [0.29, 0.717) is 19.5 Å². The van der Waals surface area contributed by atoms with Gasteiger partial charge >= 0.3 is 5.97 Å². The molecule has 0 aromatic carbocycles. The highest BCUT2D eigenvalue weighted by molar-refractivity contribution is 5.73. The van der Waals surface area contributed by atoms with E-state index in [4.69, 9.17) is 28.4 Å². The lowest BCUT2D eigenvalue weighted by Gasteiger charge is -2.53. The van der Waals surface area contributed by atoms with Gasteiger partial charge in [0.25, 0.3) is 0 Å². The lowest BCUT2D eigenvalue weighted by atomic mass is 9.75. The Kier molecular flexibility index (Phi) is 17.6. The van der Waals surface area contributed by atoms with Gasteiger partial charge in [0.1, 0.15) is 35.1 Å². The third-order valence-corrected chi connectivity index (χ3v) is 13.0. The SMILES string of the molecule is CCCNC[C@]1(O)[C@H](C)O[C@@H](OC2C(C)C(=O)O[C@H](CC)[C@@](C)(O)[C@H](O)[C@@H](C)NC[C@H](C)C[C@@](C)(O)[C@H](O[C@@H]3O[C@H](C)C[C@H](N(C)C)[C@H]3O)[C@H]2C)C[C@@]1(C)OC. The quantitative estimate of drug-likeness (QED) is 0.118. The molecule has 330 valence electrons. The van der Waals surface area contributed by atoms with Gasteiger partial charge in [-0.05, 0) is 107 Å². The van der Waals surface area contributed by atoms with E-state index in [-0.39, 0.29) is 43.9 Å². The number of cyclic esters (lactones) is 1. The highest BCUT2D eigenvalue weighted by Crippen LogP contribution is 2.43. The summed E-state index contributed by atoms with van der Waals surface area (Å²) in [6.45, 7) is 20.9. The Bertz CT molecular complexity index is 1230. The number of esters is 1. The number of aliphatic hydroxyl groups excluding tert-OH is 2. The van der Waals surface area contributed by atoms with E-state index in [0.717, 1.165) is 6.42 Å². The maximum atomic E-state index is 14.3. The molecular weight excluding hydrogens is 726 g/mol. The van der Waals surface area contributed by atoms with Crippen LogP contribution in [0.3, 0.4) is 0 Å². The molecule has 3 heterocycles. The molecule has 0 bridgehead atoms. The fraction of sp³-hybridized carbons (Fsp3) is 0.976. The van der Waals surface area contributed by atoms with Crippen LogP contribution in [0.1, 0.15) is 108 Å². The monoisotopic (exact) mass is 806 g/mol. The van der Waals surface area contributed by atoms with Crippen molar-refractivity contribution in [3.05, 3.63) is 0 Å². The van der Waals surface area contributed by atoms with Crippen LogP contribution >= 0.6 is 0 Å². The molecule has 0 radical (unpaired) electrons. The first-order valence-corrected chi connectivity index (χ1v) is 20.9. The minimum Gasteiger partial charge on any atom is -0.459 e. The van der Waals surface area contributed by atoms with Crippen molar-refractivity contribution in [2.45, 2.75) is 198 Å². The van der Waals surface area contributed by atoms with Gasteiger partial charge in [-0.25, -0.2) is 0 Å². The number of aliphatic hydroxyl groups is 5. The van der Waals surface area contributed by atoms with Gasteiger partial charge in [0.15, 0.2) is 12.6 Å². The number of ether oxygens (including phenoxy) is 6. The average molecular weight is 806 g/mol. The van der Waals surface area contributed by atoms with Crippen LogP contribution in [-0.2, 0) is 33.2 Å². The van der Waals surface area contributed by atoms with Crippen LogP contribution < -0.4 is 10.6 Å². The summed E-state index contributed by atoms with van der Waals surface area (Å²) in [7, 11) is 5.31. The Labute approximate surface area is 336 Å². The summed E-state index contributed by atoms with van der Waals surface area (Å²) >= 11 is 0. The second-order valence-electron chi connectivity index (χ2n) is 18.2. The summed E-state index contributed by atoms with van der Waals surface area (Å²) in [4.78, 5) is 16.2. The second kappa shape index (κ2) is 20.0. The Balaban J connectivity index is 2.16. The molecule has 0 aliphatic carbocycles. The number of carbonyl (C=O) groups is 1. The third kappa shape index (κ3) is 11.0. The molecule has 3 aliphatic rings. The molecule has 3 rings (SSSR count). The number of rotatable bonds is 11. The maximum absolute atomic E-state index is 14.3. The van der Waals surface area contributed by atoms with Crippen molar-refractivity contribution < 1.29 is 58.7 Å². The molecule has 0 aromatic heterocycles. The highest BCUT2D eigenvalue weighted by atomic mass is 16.7. The Hall–Kier alpha value is -1.05. The van der Waals surface area contributed by atoms with Crippen molar-refractivity contribution in [2.75, 3.05) is 40.8 Å². The van der Waals surface area contributed by atoms with Crippen molar-refractivity contribution in [1.29, 1.82) is 0 Å². The number of carbonyl (C=O) groups excluding carboxylic acids is 1. The third-order valence-electron chi connectivity index (χ3n) is 13.0. The first-order valence-electron chi connectivity index (χ1n) is 20.9. The van der Waals surface area contributed by atoms with Gasteiger partial charge in [-0.3, -0.25) is 4.79 Å². The van der Waals surface area contributed by atoms with E-state index >= 15 is 0 Å². The molecule has 15 nitrogen and oxygen atoms in total. The van der Waals surface area contributed by atoms with Crippen LogP contribution in [-0.4, -0.2) is 167 Å². The Morgan fingerprint density at radius 2 is 1.61 bits per heavy atom. The fourth-order valence-corrected chi connectivity index (χ4v) is 9.21. The van der Waals surface area contributed by atoms with E-state index in [1.165, 1.54) is 14.0 Å². The summed E-state index contributed by atoms with van der Waals surface area (Å²) in [5.41, 5.74) is -5.95. The van der Waals surface area contributed by atoms with Gasteiger partial charge in [0, 0.05) is 38.1 Å². The molecular formula is C41H79N3O12. The predicted molar refractivity (Wildman–Crippen MR) is 212 cm³/mol. The molecule has 0 saturated carbocycles.